The molecule has 1 aromatic rings. The molecule has 1 aromatic carbocycles. The largest absolute Gasteiger partial charge is 0.310 e. The van der Waals surface area contributed by atoms with Crippen LogP contribution in [0.4, 0.5) is 8.78 Å². The third-order valence-electron chi connectivity index (χ3n) is 2.94. The van der Waals surface area contributed by atoms with Crippen LogP contribution in [-0.2, 0) is 10.8 Å². The van der Waals surface area contributed by atoms with Gasteiger partial charge >= 0.3 is 0 Å². The second kappa shape index (κ2) is 5.23. The predicted octanol–water partition coefficient (Wildman–Crippen LogP) is 2.52. The van der Waals surface area contributed by atoms with E-state index in [1.54, 1.807) is 0 Å². The van der Waals surface area contributed by atoms with Crippen LogP contribution in [0.2, 0.25) is 0 Å². The van der Waals surface area contributed by atoms with Gasteiger partial charge in [-0.2, -0.15) is 0 Å². The lowest BCUT2D eigenvalue weighted by Crippen LogP contribution is -2.22. The number of benzene rings is 1. The van der Waals surface area contributed by atoms with Crippen LogP contribution >= 0.6 is 0 Å². The van der Waals surface area contributed by atoms with E-state index in [4.69, 9.17) is 0 Å². The number of nitrogens with one attached hydrogen (secondary N) is 1. The molecule has 17 heavy (non-hydrogen) atoms. The molecule has 0 aromatic heterocycles. The molecule has 2 nitrogen and oxygen atoms in total. The van der Waals surface area contributed by atoms with Crippen LogP contribution in [0, 0.1) is 11.6 Å². The number of hydrogen-bond donors (Lipinski definition) is 1. The molecule has 1 aliphatic heterocycles. The van der Waals surface area contributed by atoms with Crippen molar-refractivity contribution in [3.63, 3.8) is 0 Å². The minimum Gasteiger partial charge on any atom is -0.310 e. The van der Waals surface area contributed by atoms with Crippen molar-refractivity contribution < 1.29 is 13.0 Å². The van der Waals surface area contributed by atoms with Gasteiger partial charge in [-0.3, -0.25) is 4.21 Å². The van der Waals surface area contributed by atoms with Crippen LogP contribution in [0.1, 0.15) is 31.4 Å². The topological polar surface area (TPSA) is 29.1 Å². The van der Waals surface area contributed by atoms with Gasteiger partial charge in [-0.1, -0.05) is 6.92 Å². The molecule has 0 spiro atoms. The van der Waals surface area contributed by atoms with E-state index in [0.717, 1.165) is 12.1 Å². The quantitative estimate of drug-likeness (QED) is 0.884. The van der Waals surface area contributed by atoms with Gasteiger partial charge in [0.2, 0.25) is 0 Å². The molecule has 0 saturated carbocycles. The zero-order chi connectivity index (χ0) is 12.4. The lowest BCUT2D eigenvalue weighted by atomic mass is 10.0. The van der Waals surface area contributed by atoms with E-state index in [1.807, 2.05) is 6.92 Å². The number of hydrogen-bond acceptors (Lipinski definition) is 2. The second-order valence-electron chi connectivity index (χ2n) is 4.07. The average molecular weight is 259 g/mol. The van der Waals surface area contributed by atoms with Gasteiger partial charge in [0, 0.05) is 17.4 Å². The maximum absolute atomic E-state index is 13.8. The molecule has 1 aliphatic rings. The molecule has 0 amide bonds. The summed E-state index contributed by atoms with van der Waals surface area (Å²) in [5.41, 5.74) is 0.252. The zero-order valence-corrected chi connectivity index (χ0v) is 10.4. The van der Waals surface area contributed by atoms with Crippen LogP contribution in [0.3, 0.4) is 0 Å². The molecule has 0 bridgehead atoms. The Morgan fingerprint density at radius 3 is 2.82 bits per heavy atom. The maximum Gasteiger partial charge on any atom is 0.139 e. The van der Waals surface area contributed by atoms with Crippen molar-refractivity contribution in [2.75, 3.05) is 12.3 Å². The van der Waals surface area contributed by atoms with Crippen molar-refractivity contribution in [1.29, 1.82) is 0 Å². The molecule has 0 aliphatic carbocycles. The molecule has 1 heterocycles. The van der Waals surface area contributed by atoms with Crippen LogP contribution in [-0.4, -0.2) is 16.5 Å². The second-order valence-corrected chi connectivity index (χ2v) is 5.58. The molecule has 94 valence electrons. The molecule has 1 N–H and O–H groups in total. The van der Waals surface area contributed by atoms with Gasteiger partial charge in [0.15, 0.2) is 0 Å². The van der Waals surface area contributed by atoms with E-state index >= 15 is 0 Å². The van der Waals surface area contributed by atoms with Crippen molar-refractivity contribution in [2.24, 2.45) is 0 Å². The molecule has 0 fully saturated rings. The Morgan fingerprint density at radius 1 is 1.41 bits per heavy atom. The summed E-state index contributed by atoms with van der Waals surface area (Å²) in [6.07, 6.45) is 1.39. The van der Waals surface area contributed by atoms with Crippen molar-refractivity contribution >= 4 is 10.8 Å². The van der Waals surface area contributed by atoms with Gasteiger partial charge in [0.25, 0.3) is 0 Å². The lowest BCUT2D eigenvalue weighted by molar-refractivity contribution is 0.467. The van der Waals surface area contributed by atoms with E-state index in [9.17, 15) is 13.0 Å². The summed E-state index contributed by atoms with van der Waals surface area (Å²) < 4.78 is 39.5. The van der Waals surface area contributed by atoms with Crippen LogP contribution in [0.15, 0.2) is 17.0 Å². The van der Waals surface area contributed by atoms with Gasteiger partial charge < -0.3 is 5.32 Å². The Hall–Kier alpha value is -0.810. The minimum absolute atomic E-state index is 0.0495. The van der Waals surface area contributed by atoms with E-state index in [0.29, 0.717) is 25.1 Å². The fourth-order valence-corrected chi connectivity index (χ4v) is 3.62. The van der Waals surface area contributed by atoms with E-state index < -0.39 is 22.4 Å². The van der Waals surface area contributed by atoms with Crippen molar-refractivity contribution in [3.8, 4) is 0 Å². The van der Waals surface area contributed by atoms with Crippen molar-refractivity contribution in [3.05, 3.63) is 29.3 Å². The SMILES string of the molecule is CCNC1CCCS(=O)c2c(F)ccc(F)c21. The lowest BCUT2D eigenvalue weighted by Gasteiger charge is -2.18. The Bertz CT molecular complexity index is 450. The van der Waals surface area contributed by atoms with Crippen LogP contribution < -0.4 is 5.32 Å². The molecule has 2 unspecified atom stereocenters. The summed E-state index contributed by atoms with van der Waals surface area (Å²) in [5.74, 6) is -0.637. The van der Waals surface area contributed by atoms with Gasteiger partial charge in [0.1, 0.15) is 11.6 Å². The van der Waals surface area contributed by atoms with Crippen LogP contribution in [0.5, 0.6) is 0 Å². The smallest absolute Gasteiger partial charge is 0.139 e. The van der Waals surface area contributed by atoms with E-state index in [1.165, 1.54) is 0 Å². The first-order valence-corrected chi connectivity index (χ1v) is 7.06. The predicted molar refractivity (Wildman–Crippen MR) is 63.3 cm³/mol. The summed E-state index contributed by atoms with van der Waals surface area (Å²) in [6, 6.07) is 1.93. The fourth-order valence-electron chi connectivity index (χ4n) is 2.22. The number of rotatable bonds is 2. The highest BCUT2D eigenvalue weighted by atomic mass is 32.2. The molecule has 0 saturated heterocycles. The molecule has 0 radical (unpaired) electrons. The van der Waals surface area contributed by atoms with Crippen molar-refractivity contribution in [1.82, 2.24) is 5.32 Å². The standard InChI is InChI=1S/C12H15F2NOS/c1-2-15-10-4-3-7-17(16)12-9(14)6-5-8(13)11(10)12/h5-6,10,15H,2-4,7H2,1H3. The van der Waals surface area contributed by atoms with Crippen molar-refractivity contribution in [2.45, 2.75) is 30.7 Å². The zero-order valence-electron chi connectivity index (χ0n) is 9.63. The molecule has 5 heteroatoms. The third kappa shape index (κ3) is 2.40. The molecular weight excluding hydrogens is 244 g/mol. The molecule has 2 rings (SSSR count). The maximum atomic E-state index is 13.8. The van der Waals surface area contributed by atoms with E-state index in [-0.39, 0.29) is 16.5 Å². The third-order valence-corrected chi connectivity index (χ3v) is 4.47. The summed E-state index contributed by atoms with van der Waals surface area (Å²) >= 11 is 0. The summed E-state index contributed by atoms with van der Waals surface area (Å²) in [4.78, 5) is 0.0495. The normalized spacial score (nSPS) is 24.2. The highest BCUT2D eigenvalue weighted by molar-refractivity contribution is 7.85. The summed E-state index contributed by atoms with van der Waals surface area (Å²) in [6.45, 7) is 2.59. The number of fused-ring (bicyclic) bond motifs is 1. The Morgan fingerprint density at radius 2 is 2.12 bits per heavy atom. The van der Waals surface area contributed by atoms with Gasteiger partial charge in [-0.15, -0.1) is 0 Å². The van der Waals surface area contributed by atoms with Gasteiger partial charge in [0.05, 0.1) is 15.7 Å². The van der Waals surface area contributed by atoms with Gasteiger partial charge in [-0.05, 0) is 31.5 Å². The van der Waals surface area contributed by atoms with Gasteiger partial charge in [-0.25, -0.2) is 8.78 Å². The molecule has 2 atom stereocenters. The number of halogens is 2. The highest BCUT2D eigenvalue weighted by Gasteiger charge is 2.28. The van der Waals surface area contributed by atoms with Crippen LogP contribution in [0.25, 0.3) is 0 Å². The summed E-state index contributed by atoms with van der Waals surface area (Å²) in [5, 5.41) is 3.13. The first kappa shape index (κ1) is 12.6. The average Bonchev–Trinajstić information content (AvgIpc) is 2.46. The van der Waals surface area contributed by atoms with E-state index in [2.05, 4.69) is 5.32 Å². The first-order valence-electron chi connectivity index (χ1n) is 5.74. The minimum atomic E-state index is -1.43. The monoisotopic (exact) mass is 259 g/mol. The molecular formula is C12H15F2NOS. The first-order chi connectivity index (χ1) is 8.15. The Kier molecular flexibility index (Phi) is 3.89. The Balaban J connectivity index is 2.57. The Labute approximate surface area is 102 Å². The fraction of sp³-hybridized carbons (Fsp3) is 0.500. The summed E-state index contributed by atoms with van der Waals surface area (Å²) in [7, 11) is -1.43. The highest BCUT2D eigenvalue weighted by Crippen LogP contribution is 2.33.